The number of aromatic nitrogens is 2. The van der Waals surface area contributed by atoms with Gasteiger partial charge >= 0.3 is 0 Å². The summed E-state index contributed by atoms with van der Waals surface area (Å²) < 4.78 is 1.06. The first-order valence-electron chi connectivity index (χ1n) is 7.13. The van der Waals surface area contributed by atoms with Crippen LogP contribution in [0.4, 0.5) is 0 Å². The molecule has 1 N–H and O–H groups in total. The molecule has 1 unspecified atom stereocenters. The summed E-state index contributed by atoms with van der Waals surface area (Å²) in [5.74, 6) is 0.821. The van der Waals surface area contributed by atoms with Gasteiger partial charge in [0.15, 0.2) is 5.82 Å². The molecule has 0 aliphatic heterocycles. The fraction of sp³-hybridized carbons (Fsp3) is 0.375. The minimum Gasteiger partial charge on any atom is -0.310 e. The van der Waals surface area contributed by atoms with Crippen LogP contribution in [0.15, 0.2) is 34.9 Å². The molecule has 0 radical (unpaired) electrons. The molecule has 2 aromatic rings. The Labute approximate surface area is 128 Å². The first-order valence-corrected chi connectivity index (χ1v) is 7.92. The fourth-order valence-electron chi connectivity index (χ4n) is 2.77. The number of hydrogen-bond acceptors (Lipinski definition) is 3. The van der Waals surface area contributed by atoms with Crippen LogP contribution in [-0.2, 0) is 6.42 Å². The van der Waals surface area contributed by atoms with E-state index in [0.29, 0.717) is 6.04 Å². The lowest BCUT2D eigenvalue weighted by atomic mass is 9.92. The van der Waals surface area contributed by atoms with Crippen LogP contribution in [0.3, 0.4) is 0 Å². The van der Waals surface area contributed by atoms with E-state index in [4.69, 9.17) is 4.98 Å². The summed E-state index contributed by atoms with van der Waals surface area (Å²) in [7, 11) is 0. The molecule has 1 atom stereocenters. The van der Waals surface area contributed by atoms with Crippen molar-refractivity contribution in [2.45, 2.75) is 32.2 Å². The summed E-state index contributed by atoms with van der Waals surface area (Å²) in [6.45, 7) is 3.13. The minimum absolute atomic E-state index is 0.417. The van der Waals surface area contributed by atoms with Gasteiger partial charge in [-0.1, -0.05) is 35.0 Å². The predicted octanol–water partition coefficient (Wildman–Crippen LogP) is 3.89. The molecule has 4 heteroatoms. The van der Waals surface area contributed by atoms with Crippen LogP contribution in [0.25, 0.3) is 11.4 Å². The molecule has 1 aromatic heterocycles. The molecule has 3 rings (SSSR count). The number of benzene rings is 1. The predicted molar refractivity (Wildman–Crippen MR) is 84.5 cm³/mol. The van der Waals surface area contributed by atoms with Crippen molar-refractivity contribution in [2.24, 2.45) is 0 Å². The van der Waals surface area contributed by atoms with Gasteiger partial charge in [0.1, 0.15) is 0 Å². The Kier molecular flexibility index (Phi) is 4.13. The summed E-state index contributed by atoms with van der Waals surface area (Å²) in [6, 6.07) is 8.57. The molecule has 0 amide bonds. The van der Waals surface area contributed by atoms with Gasteiger partial charge in [-0.3, -0.25) is 0 Å². The van der Waals surface area contributed by atoms with E-state index in [-0.39, 0.29) is 0 Å². The number of halogens is 1. The Balaban J connectivity index is 1.97. The Morgan fingerprint density at radius 3 is 3.10 bits per heavy atom. The molecule has 3 nitrogen and oxygen atoms in total. The van der Waals surface area contributed by atoms with Crippen LogP contribution in [0.5, 0.6) is 0 Å². The van der Waals surface area contributed by atoms with E-state index >= 15 is 0 Å². The first kappa shape index (κ1) is 13.7. The molecule has 0 fully saturated rings. The molecule has 1 aliphatic carbocycles. The van der Waals surface area contributed by atoms with Crippen molar-refractivity contribution in [1.82, 2.24) is 15.3 Å². The van der Waals surface area contributed by atoms with E-state index in [1.54, 1.807) is 0 Å². The van der Waals surface area contributed by atoms with Crippen LogP contribution in [0, 0.1) is 0 Å². The van der Waals surface area contributed by atoms with Gasteiger partial charge in [-0.25, -0.2) is 9.97 Å². The molecule has 1 aromatic carbocycles. The molecule has 1 heterocycles. The lowest BCUT2D eigenvalue weighted by Gasteiger charge is -2.25. The molecule has 0 spiro atoms. The third kappa shape index (κ3) is 2.76. The lowest BCUT2D eigenvalue weighted by molar-refractivity contribution is 0.464. The average Bonchev–Trinajstić information content (AvgIpc) is 2.47. The molecule has 0 bridgehead atoms. The highest BCUT2D eigenvalue weighted by molar-refractivity contribution is 9.10. The quantitative estimate of drug-likeness (QED) is 0.927. The van der Waals surface area contributed by atoms with Crippen LogP contribution in [-0.4, -0.2) is 16.5 Å². The van der Waals surface area contributed by atoms with Crippen molar-refractivity contribution in [3.8, 4) is 11.4 Å². The normalized spacial score (nSPS) is 17.8. The van der Waals surface area contributed by atoms with E-state index in [1.165, 1.54) is 24.1 Å². The minimum atomic E-state index is 0.417. The molecule has 0 saturated carbocycles. The van der Waals surface area contributed by atoms with Gasteiger partial charge in [0.2, 0.25) is 0 Å². The van der Waals surface area contributed by atoms with Crippen molar-refractivity contribution >= 4 is 15.9 Å². The van der Waals surface area contributed by atoms with E-state index in [2.05, 4.69) is 45.3 Å². The summed E-state index contributed by atoms with van der Waals surface area (Å²) >= 11 is 3.50. The number of nitrogens with one attached hydrogen (secondary N) is 1. The standard InChI is InChI=1S/C16H18BrN3/c1-2-18-14-7-4-8-15-13(14)10-19-16(20-15)11-5-3-6-12(17)9-11/h3,5-6,9-10,14,18H,2,4,7-8H2,1H3. The largest absolute Gasteiger partial charge is 0.310 e. The Bertz CT molecular complexity index is 612. The SMILES string of the molecule is CCNC1CCCc2nc(-c3cccc(Br)c3)ncc21. The van der Waals surface area contributed by atoms with E-state index < -0.39 is 0 Å². The maximum Gasteiger partial charge on any atom is 0.159 e. The van der Waals surface area contributed by atoms with Crippen molar-refractivity contribution in [1.29, 1.82) is 0 Å². The molecule has 0 saturated heterocycles. The second-order valence-corrected chi connectivity index (χ2v) is 6.02. The highest BCUT2D eigenvalue weighted by Crippen LogP contribution is 2.29. The summed E-state index contributed by atoms with van der Waals surface area (Å²) in [5.41, 5.74) is 3.54. The van der Waals surface area contributed by atoms with Crippen molar-refractivity contribution in [3.05, 3.63) is 46.2 Å². The number of aryl methyl sites for hydroxylation is 1. The van der Waals surface area contributed by atoms with Gasteiger partial charge in [0, 0.05) is 33.5 Å². The Morgan fingerprint density at radius 2 is 2.30 bits per heavy atom. The summed E-state index contributed by atoms with van der Waals surface area (Å²) in [6.07, 6.45) is 5.44. The zero-order chi connectivity index (χ0) is 13.9. The smallest absolute Gasteiger partial charge is 0.159 e. The topological polar surface area (TPSA) is 37.8 Å². The molecule has 104 valence electrons. The third-order valence-corrected chi connectivity index (χ3v) is 4.21. The Morgan fingerprint density at radius 1 is 1.40 bits per heavy atom. The Hall–Kier alpha value is -1.26. The van der Waals surface area contributed by atoms with Gasteiger partial charge in [-0.2, -0.15) is 0 Å². The number of hydrogen-bond donors (Lipinski definition) is 1. The van der Waals surface area contributed by atoms with Gasteiger partial charge in [-0.15, -0.1) is 0 Å². The summed E-state index contributed by atoms with van der Waals surface area (Å²) in [4.78, 5) is 9.35. The van der Waals surface area contributed by atoms with E-state index in [0.717, 1.165) is 28.8 Å². The lowest BCUT2D eigenvalue weighted by Crippen LogP contribution is -2.25. The second kappa shape index (κ2) is 6.02. The van der Waals surface area contributed by atoms with Crippen molar-refractivity contribution in [2.75, 3.05) is 6.54 Å². The molecular weight excluding hydrogens is 314 g/mol. The second-order valence-electron chi connectivity index (χ2n) is 5.11. The van der Waals surface area contributed by atoms with Crippen LogP contribution >= 0.6 is 15.9 Å². The van der Waals surface area contributed by atoms with Gasteiger partial charge < -0.3 is 5.32 Å². The van der Waals surface area contributed by atoms with Crippen LogP contribution < -0.4 is 5.32 Å². The number of fused-ring (bicyclic) bond motifs is 1. The average molecular weight is 332 g/mol. The fourth-order valence-corrected chi connectivity index (χ4v) is 3.17. The van der Waals surface area contributed by atoms with Gasteiger partial charge in [0.05, 0.1) is 0 Å². The van der Waals surface area contributed by atoms with Crippen molar-refractivity contribution < 1.29 is 0 Å². The molecule has 20 heavy (non-hydrogen) atoms. The molecular formula is C16H18BrN3. The number of nitrogens with zero attached hydrogens (tertiary/aromatic N) is 2. The maximum absolute atomic E-state index is 4.79. The maximum atomic E-state index is 4.79. The first-order chi connectivity index (χ1) is 9.78. The molecule has 1 aliphatic rings. The highest BCUT2D eigenvalue weighted by Gasteiger charge is 2.21. The monoisotopic (exact) mass is 331 g/mol. The van der Waals surface area contributed by atoms with Crippen LogP contribution in [0.1, 0.15) is 37.1 Å². The van der Waals surface area contributed by atoms with E-state index in [9.17, 15) is 0 Å². The third-order valence-electron chi connectivity index (χ3n) is 3.72. The van der Waals surface area contributed by atoms with Gasteiger partial charge in [0.25, 0.3) is 0 Å². The zero-order valence-corrected chi connectivity index (χ0v) is 13.2. The van der Waals surface area contributed by atoms with Crippen LogP contribution in [0.2, 0.25) is 0 Å². The zero-order valence-electron chi connectivity index (χ0n) is 11.6. The van der Waals surface area contributed by atoms with Crippen molar-refractivity contribution in [3.63, 3.8) is 0 Å². The summed E-state index contributed by atoms with van der Waals surface area (Å²) in [5, 5.41) is 3.52. The van der Waals surface area contributed by atoms with Gasteiger partial charge in [-0.05, 0) is 37.9 Å². The number of rotatable bonds is 3. The van der Waals surface area contributed by atoms with E-state index in [1.807, 2.05) is 18.3 Å². The highest BCUT2D eigenvalue weighted by atomic mass is 79.9.